The highest BCUT2D eigenvalue weighted by atomic mass is 32.1. The Kier molecular flexibility index (Phi) is 6.08. The summed E-state index contributed by atoms with van der Waals surface area (Å²) in [6.07, 6.45) is 0. The summed E-state index contributed by atoms with van der Waals surface area (Å²) in [5.74, 6) is 1.46. The lowest BCUT2D eigenvalue weighted by Crippen LogP contribution is -2.33. The lowest BCUT2D eigenvalue weighted by atomic mass is 10.1. The number of hydrogen-bond donors (Lipinski definition) is 1. The number of benzene rings is 1. The van der Waals surface area contributed by atoms with Crippen LogP contribution in [0.4, 0.5) is 0 Å². The van der Waals surface area contributed by atoms with Gasteiger partial charge in [0.15, 0.2) is 10.6 Å². The maximum absolute atomic E-state index is 12.6. The smallest absolute Gasteiger partial charge is 0.242 e. The number of carbonyl (C=O) groups excluding carboxylic acids is 1. The summed E-state index contributed by atoms with van der Waals surface area (Å²) in [5.41, 5.74) is 2.31. The lowest BCUT2D eigenvalue weighted by molar-refractivity contribution is -0.130. The number of rotatable bonds is 7. The quantitative estimate of drug-likeness (QED) is 0.610. The average molecular weight is 403 g/mol. The molecule has 2 heterocycles. The number of likely N-dealkylation sites (N-methyl/N-ethyl adjacent to an activating group) is 1. The molecule has 0 saturated heterocycles. The fourth-order valence-electron chi connectivity index (χ4n) is 2.76. The lowest BCUT2D eigenvalue weighted by Gasteiger charge is -2.18. The Morgan fingerprint density at radius 3 is 2.74 bits per heavy atom. The van der Waals surface area contributed by atoms with Crippen molar-refractivity contribution in [3.05, 3.63) is 51.6 Å². The van der Waals surface area contributed by atoms with E-state index in [1.165, 1.54) is 0 Å². The number of nitrogens with one attached hydrogen (secondary N) is 1. The number of ether oxygens (including phenoxy) is 1. The van der Waals surface area contributed by atoms with E-state index in [2.05, 4.69) is 16.3 Å². The molecule has 0 saturated carbocycles. The fraction of sp³-hybridized carbons (Fsp3) is 0.316. The summed E-state index contributed by atoms with van der Waals surface area (Å²) in [6, 6.07) is 9.99. The first-order chi connectivity index (χ1) is 12.9. The highest BCUT2D eigenvalue weighted by Crippen LogP contribution is 2.22. The number of thiophene rings is 1. The van der Waals surface area contributed by atoms with Crippen molar-refractivity contribution in [2.75, 3.05) is 20.2 Å². The second kappa shape index (κ2) is 8.49. The molecular formula is C19H22N4O2S2. The minimum absolute atomic E-state index is 0.0469. The van der Waals surface area contributed by atoms with E-state index in [1.54, 1.807) is 27.9 Å². The van der Waals surface area contributed by atoms with Gasteiger partial charge in [-0.15, -0.1) is 11.3 Å². The number of amides is 1. The van der Waals surface area contributed by atoms with E-state index in [-0.39, 0.29) is 12.5 Å². The second-order valence-corrected chi connectivity index (χ2v) is 7.74. The molecule has 1 amide bonds. The summed E-state index contributed by atoms with van der Waals surface area (Å²) in [5, 5.41) is 8.99. The number of aromatic nitrogens is 3. The van der Waals surface area contributed by atoms with E-state index >= 15 is 0 Å². The van der Waals surface area contributed by atoms with Crippen molar-refractivity contribution >= 4 is 29.5 Å². The molecule has 8 heteroatoms. The highest BCUT2D eigenvalue weighted by Gasteiger charge is 2.15. The molecule has 0 aliphatic carbocycles. The van der Waals surface area contributed by atoms with Gasteiger partial charge in [0.25, 0.3) is 0 Å². The summed E-state index contributed by atoms with van der Waals surface area (Å²) in [7, 11) is 1.77. The van der Waals surface area contributed by atoms with E-state index in [4.69, 9.17) is 17.0 Å². The van der Waals surface area contributed by atoms with E-state index in [0.717, 1.165) is 21.8 Å². The predicted molar refractivity (Wildman–Crippen MR) is 110 cm³/mol. The van der Waals surface area contributed by atoms with Crippen LogP contribution in [0.2, 0.25) is 0 Å². The van der Waals surface area contributed by atoms with Gasteiger partial charge < -0.3 is 9.64 Å². The van der Waals surface area contributed by atoms with Gasteiger partial charge in [-0.05, 0) is 60.8 Å². The molecule has 142 valence electrons. The van der Waals surface area contributed by atoms with Crippen molar-refractivity contribution < 1.29 is 9.53 Å². The first kappa shape index (κ1) is 19.3. The maximum atomic E-state index is 12.6. The SMILES string of the molecule is Cc1cc(C)cc(OCCN(C)C(=O)Cn2c(-c3cccs3)n[nH]c2=S)c1. The van der Waals surface area contributed by atoms with Crippen LogP contribution in [-0.4, -0.2) is 45.8 Å². The minimum atomic E-state index is -0.0469. The molecule has 1 aromatic carbocycles. The van der Waals surface area contributed by atoms with Gasteiger partial charge in [0, 0.05) is 7.05 Å². The van der Waals surface area contributed by atoms with Crippen molar-refractivity contribution in [2.24, 2.45) is 0 Å². The van der Waals surface area contributed by atoms with E-state index < -0.39 is 0 Å². The number of aryl methyl sites for hydroxylation is 2. The van der Waals surface area contributed by atoms with Crippen LogP contribution in [0.5, 0.6) is 5.75 Å². The molecule has 0 spiro atoms. The Hall–Kier alpha value is -2.45. The van der Waals surface area contributed by atoms with Gasteiger partial charge in [0.05, 0.1) is 11.4 Å². The molecule has 0 bridgehead atoms. The summed E-state index contributed by atoms with van der Waals surface area (Å²) in [4.78, 5) is 15.2. The van der Waals surface area contributed by atoms with Crippen LogP contribution in [0.15, 0.2) is 35.7 Å². The molecule has 1 N–H and O–H groups in total. The molecule has 3 aromatic rings. The molecule has 0 atom stereocenters. The molecule has 6 nitrogen and oxygen atoms in total. The summed E-state index contributed by atoms with van der Waals surface area (Å²) < 4.78 is 7.96. The van der Waals surface area contributed by atoms with Crippen molar-refractivity contribution in [1.82, 2.24) is 19.7 Å². The van der Waals surface area contributed by atoms with Gasteiger partial charge in [-0.2, -0.15) is 5.10 Å². The zero-order chi connectivity index (χ0) is 19.4. The Morgan fingerprint density at radius 2 is 2.07 bits per heavy atom. The Labute approximate surface area is 167 Å². The Bertz CT molecular complexity index is 956. The number of H-pyrrole nitrogens is 1. The molecule has 0 radical (unpaired) electrons. The fourth-order valence-corrected chi connectivity index (χ4v) is 3.67. The molecule has 0 aliphatic heterocycles. The Morgan fingerprint density at radius 1 is 1.33 bits per heavy atom. The molecule has 0 aliphatic rings. The van der Waals surface area contributed by atoms with Gasteiger partial charge in [-0.3, -0.25) is 14.5 Å². The van der Waals surface area contributed by atoms with Crippen LogP contribution in [0, 0.1) is 18.6 Å². The molecule has 0 unspecified atom stereocenters. The number of nitrogens with zero attached hydrogens (tertiary/aromatic N) is 3. The molecule has 3 rings (SSSR count). The topological polar surface area (TPSA) is 63.1 Å². The van der Waals surface area contributed by atoms with Crippen molar-refractivity contribution in [1.29, 1.82) is 0 Å². The normalized spacial score (nSPS) is 10.8. The van der Waals surface area contributed by atoms with E-state index in [0.29, 0.717) is 23.7 Å². The summed E-state index contributed by atoms with van der Waals surface area (Å²) in [6.45, 7) is 5.14. The number of carbonyl (C=O) groups is 1. The van der Waals surface area contributed by atoms with Crippen LogP contribution in [0.25, 0.3) is 10.7 Å². The molecule has 2 aromatic heterocycles. The first-order valence-corrected chi connectivity index (χ1v) is 9.87. The van der Waals surface area contributed by atoms with E-state index in [1.807, 2.05) is 43.5 Å². The Balaban J connectivity index is 1.58. The monoisotopic (exact) mass is 402 g/mol. The van der Waals surface area contributed by atoms with Gasteiger partial charge in [0.1, 0.15) is 18.9 Å². The third-order valence-corrected chi connectivity index (χ3v) is 5.29. The molecular weight excluding hydrogens is 380 g/mol. The minimum Gasteiger partial charge on any atom is -0.492 e. The zero-order valence-electron chi connectivity index (χ0n) is 15.6. The van der Waals surface area contributed by atoms with Crippen molar-refractivity contribution in [3.8, 4) is 16.5 Å². The maximum Gasteiger partial charge on any atom is 0.242 e. The zero-order valence-corrected chi connectivity index (χ0v) is 17.2. The van der Waals surface area contributed by atoms with Gasteiger partial charge in [-0.1, -0.05) is 12.1 Å². The average Bonchev–Trinajstić information content (AvgIpc) is 3.24. The number of hydrogen-bond acceptors (Lipinski definition) is 5. The first-order valence-electron chi connectivity index (χ1n) is 8.58. The van der Waals surface area contributed by atoms with E-state index in [9.17, 15) is 4.79 Å². The third kappa shape index (κ3) is 4.84. The number of aromatic amines is 1. The standard InChI is InChI=1S/C19H22N4O2S2/c1-13-9-14(2)11-15(10-13)25-7-6-22(3)17(24)12-23-18(20-21-19(23)26)16-5-4-8-27-16/h4-5,8-11H,6-7,12H2,1-3H3,(H,21,26). The third-order valence-electron chi connectivity index (χ3n) is 4.11. The van der Waals surface area contributed by atoms with Crippen molar-refractivity contribution in [2.45, 2.75) is 20.4 Å². The molecule has 27 heavy (non-hydrogen) atoms. The van der Waals surface area contributed by atoms with Crippen LogP contribution in [0.1, 0.15) is 11.1 Å². The van der Waals surface area contributed by atoms with Gasteiger partial charge in [0.2, 0.25) is 5.91 Å². The van der Waals surface area contributed by atoms with Crippen LogP contribution >= 0.6 is 23.6 Å². The summed E-state index contributed by atoms with van der Waals surface area (Å²) >= 11 is 6.84. The largest absolute Gasteiger partial charge is 0.492 e. The second-order valence-electron chi connectivity index (χ2n) is 6.40. The molecule has 0 fully saturated rings. The predicted octanol–water partition coefficient (Wildman–Crippen LogP) is 3.82. The van der Waals surface area contributed by atoms with Crippen LogP contribution in [-0.2, 0) is 11.3 Å². The van der Waals surface area contributed by atoms with Gasteiger partial charge in [-0.25, -0.2) is 0 Å². The van der Waals surface area contributed by atoms with Crippen LogP contribution in [0.3, 0.4) is 0 Å². The van der Waals surface area contributed by atoms with Gasteiger partial charge >= 0.3 is 0 Å². The van der Waals surface area contributed by atoms with Crippen molar-refractivity contribution in [3.63, 3.8) is 0 Å². The van der Waals surface area contributed by atoms with Crippen LogP contribution < -0.4 is 4.74 Å². The highest BCUT2D eigenvalue weighted by molar-refractivity contribution is 7.71.